The number of nitrogens with one attached hydrogen (secondary N) is 1. The number of ketones is 1. The van der Waals surface area contributed by atoms with Gasteiger partial charge in [-0.25, -0.2) is 0 Å². The molecule has 2 atom stereocenters. The van der Waals surface area contributed by atoms with Crippen LogP contribution >= 0.6 is 0 Å². The maximum Gasteiger partial charge on any atom is 0.225 e. The Kier molecular flexibility index (Phi) is 5.76. The molecule has 2 aromatic carbocycles. The van der Waals surface area contributed by atoms with Crippen molar-refractivity contribution >= 4 is 11.7 Å². The van der Waals surface area contributed by atoms with Crippen LogP contribution < -0.4 is 10.1 Å². The molecule has 30 heavy (non-hydrogen) atoms. The standard InChI is InChI=1S/C26H29NO3/c1-16(2)15-30-20-10-8-18(9-11-20)19-12-23-26(24(28)13-19)22(14-25(29)27-23)21-7-5-4-6-17(21)3/h4-11,16,19,22H,12-15H2,1-3H3,(H,27,29). The van der Waals surface area contributed by atoms with E-state index in [-0.39, 0.29) is 23.5 Å². The summed E-state index contributed by atoms with van der Waals surface area (Å²) in [6.45, 7) is 6.97. The number of allylic oxidation sites excluding steroid dienone is 2. The van der Waals surface area contributed by atoms with Gasteiger partial charge in [0.2, 0.25) is 5.91 Å². The zero-order valence-corrected chi connectivity index (χ0v) is 17.9. The van der Waals surface area contributed by atoms with Crippen LogP contribution in [0.15, 0.2) is 59.8 Å². The van der Waals surface area contributed by atoms with E-state index < -0.39 is 0 Å². The van der Waals surface area contributed by atoms with Gasteiger partial charge in [0.1, 0.15) is 5.75 Å². The highest BCUT2D eigenvalue weighted by Gasteiger charge is 2.38. The molecule has 4 heteroatoms. The number of amides is 1. The van der Waals surface area contributed by atoms with Crippen molar-refractivity contribution in [2.24, 2.45) is 5.92 Å². The first-order valence-electron chi connectivity index (χ1n) is 10.8. The molecule has 0 bridgehead atoms. The summed E-state index contributed by atoms with van der Waals surface area (Å²) in [4.78, 5) is 25.7. The van der Waals surface area contributed by atoms with E-state index in [0.717, 1.165) is 33.7 Å². The molecule has 1 heterocycles. The van der Waals surface area contributed by atoms with E-state index in [0.29, 0.717) is 31.8 Å². The van der Waals surface area contributed by atoms with E-state index in [1.165, 1.54) is 0 Å². The van der Waals surface area contributed by atoms with Crippen molar-refractivity contribution in [1.82, 2.24) is 5.32 Å². The van der Waals surface area contributed by atoms with Crippen molar-refractivity contribution in [3.05, 3.63) is 76.5 Å². The molecule has 0 aromatic heterocycles. The fourth-order valence-corrected chi connectivity index (χ4v) is 4.54. The molecule has 156 valence electrons. The first kappa shape index (κ1) is 20.4. The summed E-state index contributed by atoms with van der Waals surface area (Å²) < 4.78 is 5.77. The van der Waals surface area contributed by atoms with E-state index in [1.807, 2.05) is 55.5 Å². The summed E-state index contributed by atoms with van der Waals surface area (Å²) in [6.07, 6.45) is 1.49. The van der Waals surface area contributed by atoms with Gasteiger partial charge in [-0.05, 0) is 54.0 Å². The number of benzene rings is 2. The van der Waals surface area contributed by atoms with Gasteiger partial charge in [-0.1, -0.05) is 50.2 Å². The fraction of sp³-hybridized carbons (Fsp3) is 0.385. The van der Waals surface area contributed by atoms with Gasteiger partial charge in [0, 0.05) is 30.0 Å². The molecule has 4 nitrogen and oxygen atoms in total. The highest BCUT2D eigenvalue weighted by molar-refractivity contribution is 6.02. The van der Waals surface area contributed by atoms with E-state index in [2.05, 4.69) is 19.2 Å². The molecule has 2 aliphatic rings. The predicted molar refractivity (Wildman–Crippen MR) is 117 cm³/mol. The van der Waals surface area contributed by atoms with Crippen LogP contribution in [-0.4, -0.2) is 18.3 Å². The molecular weight excluding hydrogens is 374 g/mol. The summed E-state index contributed by atoms with van der Waals surface area (Å²) in [7, 11) is 0. The van der Waals surface area contributed by atoms with Crippen molar-refractivity contribution in [2.45, 2.75) is 51.9 Å². The van der Waals surface area contributed by atoms with Crippen molar-refractivity contribution in [3.63, 3.8) is 0 Å². The third-order valence-corrected chi connectivity index (χ3v) is 6.03. The second-order valence-electron chi connectivity index (χ2n) is 8.86. The molecule has 0 radical (unpaired) electrons. The number of rotatable bonds is 5. The Bertz CT molecular complexity index is 988. The van der Waals surface area contributed by atoms with E-state index in [4.69, 9.17) is 4.74 Å². The SMILES string of the molecule is Cc1ccccc1C1CC(=O)NC2=C1C(=O)CC(c1ccc(OCC(C)C)cc1)C2. The van der Waals surface area contributed by atoms with Crippen LogP contribution in [0.5, 0.6) is 5.75 Å². The number of ether oxygens (including phenoxy) is 1. The van der Waals surface area contributed by atoms with Gasteiger partial charge in [0.15, 0.2) is 5.78 Å². The minimum atomic E-state index is -0.143. The Morgan fingerprint density at radius 2 is 1.73 bits per heavy atom. The van der Waals surface area contributed by atoms with Gasteiger partial charge in [-0.3, -0.25) is 9.59 Å². The summed E-state index contributed by atoms with van der Waals surface area (Å²) >= 11 is 0. The lowest BCUT2D eigenvalue weighted by Crippen LogP contribution is -2.38. The fourth-order valence-electron chi connectivity index (χ4n) is 4.54. The number of hydrogen-bond donors (Lipinski definition) is 1. The zero-order valence-electron chi connectivity index (χ0n) is 17.9. The molecule has 0 fully saturated rings. The summed E-state index contributed by atoms with van der Waals surface area (Å²) in [6, 6.07) is 16.1. The van der Waals surface area contributed by atoms with Crippen molar-refractivity contribution in [2.75, 3.05) is 6.61 Å². The Morgan fingerprint density at radius 3 is 2.43 bits per heavy atom. The van der Waals surface area contributed by atoms with Gasteiger partial charge in [-0.2, -0.15) is 0 Å². The van der Waals surface area contributed by atoms with E-state index in [9.17, 15) is 9.59 Å². The normalized spacial score (nSPS) is 21.5. The van der Waals surface area contributed by atoms with E-state index >= 15 is 0 Å². The molecule has 2 unspecified atom stereocenters. The Balaban J connectivity index is 1.59. The molecule has 1 N–H and O–H groups in total. The number of carbonyl (C=O) groups is 2. The monoisotopic (exact) mass is 403 g/mol. The van der Waals surface area contributed by atoms with Crippen LogP contribution in [0.4, 0.5) is 0 Å². The highest BCUT2D eigenvalue weighted by atomic mass is 16.5. The number of hydrogen-bond acceptors (Lipinski definition) is 3. The van der Waals surface area contributed by atoms with Gasteiger partial charge in [0.25, 0.3) is 0 Å². The van der Waals surface area contributed by atoms with Crippen LogP contribution in [-0.2, 0) is 9.59 Å². The lowest BCUT2D eigenvalue weighted by Gasteiger charge is -2.35. The quantitative estimate of drug-likeness (QED) is 0.761. The smallest absolute Gasteiger partial charge is 0.225 e. The van der Waals surface area contributed by atoms with Crippen molar-refractivity contribution < 1.29 is 14.3 Å². The summed E-state index contributed by atoms with van der Waals surface area (Å²) in [5.74, 6) is 1.39. The Labute approximate surface area is 178 Å². The first-order chi connectivity index (χ1) is 14.4. The van der Waals surface area contributed by atoms with Crippen LogP contribution in [0.3, 0.4) is 0 Å². The minimum Gasteiger partial charge on any atom is -0.493 e. The maximum absolute atomic E-state index is 13.2. The Morgan fingerprint density at radius 1 is 1.00 bits per heavy atom. The third-order valence-electron chi connectivity index (χ3n) is 6.03. The molecule has 0 spiro atoms. The minimum absolute atomic E-state index is 0.00659. The van der Waals surface area contributed by atoms with Crippen LogP contribution in [0.2, 0.25) is 0 Å². The van der Waals surface area contributed by atoms with Crippen LogP contribution in [0, 0.1) is 12.8 Å². The van der Waals surface area contributed by atoms with Crippen LogP contribution in [0.25, 0.3) is 0 Å². The molecule has 0 saturated carbocycles. The molecular formula is C26H29NO3. The Hall–Kier alpha value is -2.88. The second-order valence-corrected chi connectivity index (χ2v) is 8.86. The van der Waals surface area contributed by atoms with Gasteiger partial charge in [-0.15, -0.1) is 0 Å². The number of aryl methyl sites for hydroxylation is 1. The molecule has 4 rings (SSSR count). The van der Waals surface area contributed by atoms with E-state index in [1.54, 1.807) is 0 Å². The van der Waals surface area contributed by atoms with Crippen molar-refractivity contribution in [1.29, 1.82) is 0 Å². The first-order valence-corrected chi connectivity index (χ1v) is 10.8. The molecule has 1 aliphatic heterocycles. The lowest BCUT2D eigenvalue weighted by molar-refractivity contribution is -0.122. The van der Waals surface area contributed by atoms with Gasteiger partial charge < -0.3 is 10.1 Å². The zero-order chi connectivity index (χ0) is 21.3. The predicted octanol–water partition coefficient (Wildman–Crippen LogP) is 5.03. The topological polar surface area (TPSA) is 55.4 Å². The lowest BCUT2D eigenvalue weighted by atomic mass is 9.73. The molecule has 2 aromatic rings. The summed E-state index contributed by atoms with van der Waals surface area (Å²) in [5.41, 5.74) is 4.92. The average Bonchev–Trinajstić information content (AvgIpc) is 2.72. The third kappa shape index (κ3) is 4.18. The van der Waals surface area contributed by atoms with Gasteiger partial charge in [0.05, 0.1) is 6.61 Å². The largest absolute Gasteiger partial charge is 0.493 e. The molecule has 1 amide bonds. The second kappa shape index (κ2) is 8.47. The molecule has 1 aliphatic carbocycles. The number of Topliss-reactive ketones (excluding diaryl/α,β-unsaturated/α-hetero) is 1. The van der Waals surface area contributed by atoms with Crippen LogP contribution in [0.1, 0.15) is 61.6 Å². The maximum atomic E-state index is 13.2. The highest BCUT2D eigenvalue weighted by Crippen LogP contribution is 2.43. The molecule has 0 saturated heterocycles. The number of carbonyl (C=O) groups excluding carboxylic acids is 2. The van der Waals surface area contributed by atoms with Crippen molar-refractivity contribution in [3.8, 4) is 5.75 Å². The summed E-state index contributed by atoms with van der Waals surface area (Å²) in [5, 5.41) is 3.01. The van der Waals surface area contributed by atoms with Gasteiger partial charge >= 0.3 is 0 Å². The average molecular weight is 404 g/mol.